The molecule has 0 radical (unpaired) electrons. The van der Waals surface area contributed by atoms with E-state index in [1.807, 2.05) is 93.6 Å². The Morgan fingerprint density at radius 2 is 1.54 bits per heavy atom. The molecular formula is C31H35N5O2S. The van der Waals surface area contributed by atoms with E-state index in [1.165, 1.54) is 11.8 Å². The van der Waals surface area contributed by atoms with Gasteiger partial charge in [-0.15, -0.1) is 0 Å². The summed E-state index contributed by atoms with van der Waals surface area (Å²) >= 11 is 1.46. The van der Waals surface area contributed by atoms with Crippen LogP contribution in [0.1, 0.15) is 55.8 Å². The fourth-order valence-corrected chi connectivity index (χ4v) is 4.78. The van der Waals surface area contributed by atoms with E-state index in [1.54, 1.807) is 30.5 Å². The van der Waals surface area contributed by atoms with Crippen molar-refractivity contribution in [2.45, 2.75) is 30.6 Å². The number of fused-ring (bicyclic) bond motifs is 1. The van der Waals surface area contributed by atoms with E-state index >= 15 is 0 Å². The van der Waals surface area contributed by atoms with Crippen LogP contribution in [0.15, 0.2) is 101 Å². The molecule has 0 aliphatic rings. The molecule has 2 amide bonds. The molecule has 0 bridgehead atoms. The predicted molar refractivity (Wildman–Crippen MR) is 164 cm³/mol. The number of nitrogens with zero attached hydrogens (tertiary/aromatic N) is 2. The second kappa shape index (κ2) is 13.2. The van der Waals surface area contributed by atoms with Gasteiger partial charge in [0.1, 0.15) is 0 Å². The molecule has 0 spiro atoms. The first-order chi connectivity index (χ1) is 19.1. The van der Waals surface area contributed by atoms with Crippen LogP contribution in [0.4, 0.5) is 0 Å². The van der Waals surface area contributed by atoms with Gasteiger partial charge < -0.3 is 0 Å². The van der Waals surface area contributed by atoms with Gasteiger partial charge in [0.15, 0.2) is 0 Å². The Labute approximate surface area is 236 Å². The van der Waals surface area contributed by atoms with Gasteiger partial charge in [-0.2, -0.15) is 5.10 Å². The van der Waals surface area contributed by atoms with Crippen LogP contribution in [0.2, 0.25) is 0 Å². The van der Waals surface area contributed by atoms with Gasteiger partial charge in [0.25, 0.3) is 11.8 Å². The zero-order chi connectivity index (χ0) is 27.6. The summed E-state index contributed by atoms with van der Waals surface area (Å²) in [5, 5.41) is 8.49. The van der Waals surface area contributed by atoms with Gasteiger partial charge in [-0.05, 0) is 73.2 Å². The highest BCUT2D eigenvalue weighted by Gasteiger charge is 2.15. The average molecular weight is 542 g/mol. The van der Waals surface area contributed by atoms with E-state index in [2.05, 4.69) is 26.0 Å². The maximum absolute atomic E-state index is 12.9. The monoisotopic (exact) mass is 541 g/mol. The molecule has 0 saturated heterocycles. The van der Waals surface area contributed by atoms with Crippen molar-refractivity contribution in [2.24, 2.45) is 0 Å². The molecule has 3 N–H and O–H groups in total. The average Bonchev–Trinajstić information content (AvgIpc) is 3.39. The molecule has 0 unspecified atom stereocenters. The van der Waals surface area contributed by atoms with Gasteiger partial charge in [-0.25, -0.2) is 0 Å². The fourth-order valence-electron chi connectivity index (χ4n) is 3.80. The highest BCUT2D eigenvalue weighted by molar-refractivity contribution is 7.99. The number of aromatic amines is 1. The predicted octanol–water partition coefficient (Wildman–Crippen LogP) is 7.43. The van der Waals surface area contributed by atoms with Crippen LogP contribution >= 0.6 is 11.8 Å². The molecule has 0 fully saturated rings. The molecular weight excluding hydrogens is 506 g/mol. The third-order valence-electron chi connectivity index (χ3n) is 5.70. The first-order valence-electron chi connectivity index (χ1n) is 12.6. The molecule has 7 nitrogen and oxygen atoms in total. The second-order valence-corrected chi connectivity index (χ2v) is 9.34. The van der Waals surface area contributed by atoms with E-state index in [9.17, 15) is 9.59 Å². The van der Waals surface area contributed by atoms with Gasteiger partial charge in [-0.1, -0.05) is 62.0 Å². The summed E-state index contributed by atoms with van der Waals surface area (Å²) in [4.78, 5) is 31.4. The lowest BCUT2D eigenvalue weighted by molar-refractivity contribution is 0.0844. The van der Waals surface area contributed by atoms with Crippen LogP contribution in [-0.2, 0) is 0 Å². The molecule has 2 heterocycles. The number of aromatic nitrogens is 3. The van der Waals surface area contributed by atoms with Crippen molar-refractivity contribution < 1.29 is 13.9 Å². The summed E-state index contributed by atoms with van der Waals surface area (Å²) in [6.07, 6.45) is 5.60. The van der Waals surface area contributed by atoms with Gasteiger partial charge in [-0.3, -0.25) is 30.5 Å². The number of carbonyl (C=O) groups excluding carboxylic acids is 2. The number of rotatable bonds is 6. The van der Waals surface area contributed by atoms with Crippen LogP contribution < -0.4 is 10.9 Å². The van der Waals surface area contributed by atoms with Gasteiger partial charge in [0.05, 0.1) is 22.5 Å². The van der Waals surface area contributed by atoms with Crippen molar-refractivity contribution in [3.05, 3.63) is 119 Å². The zero-order valence-corrected chi connectivity index (χ0v) is 22.8. The smallest absolute Gasteiger partial charge is 0.270 e. The zero-order valence-electron chi connectivity index (χ0n) is 21.9. The number of benzene rings is 3. The molecule has 0 aliphatic heterocycles. The van der Waals surface area contributed by atoms with E-state index < -0.39 is 5.91 Å². The third kappa shape index (κ3) is 6.80. The SMILES string of the molecule is CC.Cc1ccccc1C(=O)NNC(=O)c1ccccc1Sc1ccc2c(/C=C/c3ccccn3)n[nH]c2c1.[HH].[HH].[HH]. The summed E-state index contributed by atoms with van der Waals surface area (Å²) < 4.78 is 0. The highest BCUT2D eigenvalue weighted by Crippen LogP contribution is 2.32. The Bertz CT molecular complexity index is 1630. The summed E-state index contributed by atoms with van der Waals surface area (Å²) in [6.45, 7) is 5.85. The number of hydrazine groups is 1. The van der Waals surface area contributed by atoms with Crippen molar-refractivity contribution in [1.82, 2.24) is 26.0 Å². The summed E-state index contributed by atoms with van der Waals surface area (Å²) in [5.74, 6) is -0.760. The maximum atomic E-state index is 12.9. The number of amides is 2. The minimum atomic E-state index is -0.394. The Balaban J connectivity index is 0.00000173. The number of carbonyl (C=O) groups is 2. The second-order valence-electron chi connectivity index (χ2n) is 8.23. The minimum absolute atomic E-state index is 0. The first-order valence-corrected chi connectivity index (χ1v) is 13.4. The Kier molecular flexibility index (Phi) is 9.26. The van der Waals surface area contributed by atoms with E-state index in [0.717, 1.165) is 37.6 Å². The van der Waals surface area contributed by atoms with Crippen LogP contribution in [0, 0.1) is 6.92 Å². The number of aryl methyl sites for hydroxylation is 1. The van der Waals surface area contributed by atoms with Crippen molar-refractivity contribution in [3.8, 4) is 0 Å². The molecule has 39 heavy (non-hydrogen) atoms. The number of nitrogens with one attached hydrogen (secondary N) is 3. The van der Waals surface area contributed by atoms with Gasteiger partial charge >= 0.3 is 0 Å². The van der Waals surface area contributed by atoms with Crippen molar-refractivity contribution in [2.75, 3.05) is 0 Å². The normalized spacial score (nSPS) is 10.6. The molecule has 2 aromatic heterocycles. The summed E-state index contributed by atoms with van der Waals surface area (Å²) in [7, 11) is 0. The Hall–Kier alpha value is -4.69. The molecule has 0 atom stereocenters. The molecule has 3 aromatic carbocycles. The quantitative estimate of drug-likeness (QED) is 0.194. The Morgan fingerprint density at radius 1 is 0.846 bits per heavy atom. The van der Waals surface area contributed by atoms with E-state index in [4.69, 9.17) is 0 Å². The number of H-pyrrole nitrogens is 1. The van der Waals surface area contributed by atoms with Crippen LogP contribution in [0.5, 0.6) is 0 Å². The van der Waals surface area contributed by atoms with E-state index in [-0.39, 0.29) is 10.2 Å². The molecule has 5 rings (SSSR count). The maximum Gasteiger partial charge on any atom is 0.270 e. The number of hydrogen-bond donors (Lipinski definition) is 3. The van der Waals surface area contributed by atoms with Crippen molar-refractivity contribution in [1.29, 1.82) is 0 Å². The van der Waals surface area contributed by atoms with Crippen molar-refractivity contribution in [3.63, 3.8) is 0 Å². The van der Waals surface area contributed by atoms with Crippen LogP contribution in [-0.4, -0.2) is 27.0 Å². The molecule has 8 heteroatoms. The molecule has 202 valence electrons. The van der Waals surface area contributed by atoms with Gasteiger partial charge in [0.2, 0.25) is 0 Å². The Morgan fingerprint density at radius 3 is 2.28 bits per heavy atom. The summed E-state index contributed by atoms with van der Waals surface area (Å²) in [6, 6.07) is 26.2. The largest absolute Gasteiger partial charge is 0.277 e. The number of pyridine rings is 1. The first kappa shape index (κ1) is 27.3. The molecule has 5 aromatic rings. The van der Waals surface area contributed by atoms with Crippen LogP contribution in [0.25, 0.3) is 23.1 Å². The van der Waals surface area contributed by atoms with Gasteiger partial charge in [0, 0.05) is 31.2 Å². The lowest BCUT2D eigenvalue weighted by atomic mass is 10.1. The van der Waals surface area contributed by atoms with Crippen LogP contribution in [0.3, 0.4) is 0 Å². The highest BCUT2D eigenvalue weighted by atomic mass is 32.2. The molecule has 0 aliphatic carbocycles. The fraction of sp³-hybridized carbons (Fsp3) is 0.0968. The molecule has 0 saturated carbocycles. The van der Waals surface area contributed by atoms with E-state index in [0.29, 0.717) is 11.1 Å². The lowest BCUT2D eigenvalue weighted by Crippen LogP contribution is -2.42. The standard InChI is InChI=1S/C29H23N5O2S.C2H6.3H2/c1-19-8-2-3-10-22(19)28(35)33-34-29(36)24-11-4-5-12-27(24)37-21-14-15-23-25(31-32-26(23)18-21)16-13-20-9-6-7-17-30-20;1-2;;;/h2-18H,1H3,(H,31,32)(H,33,35)(H,34,36);1-2H3;3*1H/b16-13+;;;;. The van der Waals surface area contributed by atoms with Crippen molar-refractivity contribution >= 4 is 46.6 Å². The third-order valence-corrected chi connectivity index (χ3v) is 6.77. The lowest BCUT2D eigenvalue weighted by Gasteiger charge is -2.12. The number of hydrogen-bond acceptors (Lipinski definition) is 5. The summed E-state index contributed by atoms with van der Waals surface area (Å²) in [5.41, 5.74) is 9.40. The topological polar surface area (TPSA) is 99.8 Å². The minimum Gasteiger partial charge on any atom is -0.277 e.